The highest BCUT2D eigenvalue weighted by Gasteiger charge is 2.34. The molecule has 0 radical (unpaired) electrons. The van der Waals surface area contributed by atoms with E-state index in [4.69, 9.17) is 16.7 Å². The van der Waals surface area contributed by atoms with Gasteiger partial charge in [0.2, 0.25) is 0 Å². The molecule has 1 N–H and O–H groups in total. The Balaban J connectivity index is 2.25. The third-order valence-electron chi connectivity index (χ3n) is 2.97. The van der Waals surface area contributed by atoms with E-state index in [1.54, 1.807) is 18.2 Å². The second-order valence-electron chi connectivity index (χ2n) is 4.12. The van der Waals surface area contributed by atoms with E-state index in [9.17, 15) is 9.59 Å². The van der Waals surface area contributed by atoms with Gasteiger partial charge in [0, 0.05) is 15.7 Å². The molecule has 0 aliphatic carbocycles. The summed E-state index contributed by atoms with van der Waals surface area (Å²) in [5.41, 5.74) is 0.438. The highest BCUT2D eigenvalue weighted by molar-refractivity contribution is 14.1. The van der Waals surface area contributed by atoms with Gasteiger partial charge in [0.15, 0.2) is 0 Å². The topological polar surface area (TPSA) is 57.6 Å². The summed E-state index contributed by atoms with van der Waals surface area (Å²) in [5, 5.41) is 9.56. The number of hydrogen-bond donors (Lipinski definition) is 1. The number of carbonyl (C=O) groups excluding carboxylic acids is 1. The van der Waals surface area contributed by atoms with Crippen molar-refractivity contribution in [2.75, 3.05) is 6.54 Å². The van der Waals surface area contributed by atoms with Crippen LogP contribution in [0.5, 0.6) is 0 Å². The van der Waals surface area contributed by atoms with Crippen LogP contribution in [-0.4, -0.2) is 34.5 Å². The zero-order chi connectivity index (χ0) is 13.3. The van der Waals surface area contributed by atoms with E-state index in [1.165, 1.54) is 4.90 Å². The fraction of sp³-hybridized carbons (Fsp3) is 0.333. The fourth-order valence-electron chi connectivity index (χ4n) is 2.06. The molecule has 0 saturated carbocycles. The van der Waals surface area contributed by atoms with Crippen molar-refractivity contribution in [3.8, 4) is 0 Å². The molecule has 0 bridgehead atoms. The lowest BCUT2D eigenvalue weighted by Gasteiger charge is -2.21. The molecule has 0 aromatic heterocycles. The van der Waals surface area contributed by atoms with Crippen LogP contribution in [0, 0.1) is 3.57 Å². The molecule has 18 heavy (non-hydrogen) atoms. The molecule has 0 spiro atoms. The maximum atomic E-state index is 12.2. The fourth-order valence-corrected chi connectivity index (χ4v) is 2.58. The SMILES string of the molecule is O=C(O)C1CCCN1C(=O)c1ccc(I)c(Cl)c1. The van der Waals surface area contributed by atoms with Gasteiger partial charge in [0.05, 0.1) is 5.02 Å². The van der Waals surface area contributed by atoms with Gasteiger partial charge in [-0.3, -0.25) is 4.79 Å². The van der Waals surface area contributed by atoms with Gasteiger partial charge in [0.25, 0.3) is 5.91 Å². The lowest BCUT2D eigenvalue weighted by atomic mass is 10.1. The average molecular weight is 380 g/mol. The molecular formula is C12H11ClINO3. The standard InChI is InChI=1S/C12H11ClINO3/c13-8-6-7(3-4-9(8)14)11(16)15-5-1-2-10(15)12(17)18/h3-4,6,10H,1-2,5H2,(H,17,18). The minimum absolute atomic E-state index is 0.266. The second kappa shape index (κ2) is 5.44. The first-order valence-corrected chi connectivity index (χ1v) is 6.95. The average Bonchev–Trinajstić information content (AvgIpc) is 2.81. The molecule has 1 aromatic rings. The summed E-state index contributed by atoms with van der Waals surface area (Å²) in [6.07, 6.45) is 1.24. The Labute approximate surface area is 123 Å². The molecular weight excluding hydrogens is 368 g/mol. The van der Waals surface area contributed by atoms with E-state index < -0.39 is 12.0 Å². The van der Waals surface area contributed by atoms with Crippen LogP contribution in [0.15, 0.2) is 18.2 Å². The summed E-state index contributed by atoms with van der Waals surface area (Å²) in [7, 11) is 0. The van der Waals surface area contributed by atoms with Crippen molar-refractivity contribution in [3.05, 3.63) is 32.4 Å². The molecule has 1 heterocycles. The Bertz CT molecular complexity index is 506. The maximum absolute atomic E-state index is 12.2. The molecule has 1 saturated heterocycles. The zero-order valence-electron chi connectivity index (χ0n) is 9.40. The first-order valence-electron chi connectivity index (χ1n) is 5.49. The minimum atomic E-state index is -0.947. The summed E-state index contributed by atoms with van der Waals surface area (Å²) in [5.74, 6) is -1.21. The second-order valence-corrected chi connectivity index (χ2v) is 5.69. The minimum Gasteiger partial charge on any atom is -0.480 e. The van der Waals surface area contributed by atoms with E-state index in [-0.39, 0.29) is 5.91 Å². The van der Waals surface area contributed by atoms with Gasteiger partial charge in [-0.2, -0.15) is 0 Å². The first kappa shape index (κ1) is 13.6. The van der Waals surface area contributed by atoms with Gasteiger partial charge >= 0.3 is 5.97 Å². The molecule has 1 fully saturated rings. The lowest BCUT2D eigenvalue weighted by Crippen LogP contribution is -2.40. The third-order valence-corrected chi connectivity index (χ3v) is 4.54. The molecule has 4 nitrogen and oxygen atoms in total. The van der Waals surface area contributed by atoms with Crippen molar-refractivity contribution in [1.29, 1.82) is 0 Å². The number of benzene rings is 1. The van der Waals surface area contributed by atoms with E-state index in [2.05, 4.69) is 22.6 Å². The van der Waals surface area contributed by atoms with Gasteiger partial charge in [0.1, 0.15) is 6.04 Å². The van der Waals surface area contributed by atoms with E-state index in [1.807, 2.05) is 0 Å². The van der Waals surface area contributed by atoms with Crippen LogP contribution in [0.3, 0.4) is 0 Å². The van der Waals surface area contributed by atoms with Crippen LogP contribution in [-0.2, 0) is 4.79 Å². The number of carboxylic acid groups (broad SMARTS) is 1. The van der Waals surface area contributed by atoms with Gasteiger partial charge in [-0.15, -0.1) is 0 Å². The quantitative estimate of drug-likeness (QED) is 0.804. The molecule has 1 amide bonds. The molecule has 6 heteroatoms. The number of nitrogens with zero attached hydrogens (tertiary/aromatic N) is 1. The Morgan fingerprint density at radius 1 is 1.44 bits per heavy atom. The van der Waals surface area contributed by atoms with Crippen LogP contribution in [0.1, 0.15) is 23.2 Å². The van der Waals surface area contributed by atoms with Crippen LogP contribution in [0.4, 0.5) is 0 Å². The van der Waals surface area contributed by atoms with Crippen LogP contribution in [0.25, 0.3) is 0 Å². The number of aliphatic carboxylic acids is 1. The summed E-state index contributed by atoms with van der Waals surface area (Å²) in [6.45, 7) is 0.486. The molecule has 2 rings (SSSR count). The summed E-state index contributed by atoms with van der Waals surface area (Å²) in [6, 6.07) is 4.30. The Morgan fingerprint density at radius 2 is 2.17 bits per heavy atom. The van der Waals surface area contributed by atoms with Crippen molar-refractivity contribution in [1.82, 2.24) is 4.90 Å². The first-order chi connectivity index (χ1) is 8.50. The van der Waals surface area contributed by atoms with Crippen molar-refractivity contribution in [3.63, 3.8) is 0 Å². The van der Waals surface area contributed by atoms with E-state index in [0.29, 0.717) is 23.6 Å². The monoisotopic (exact) mass is 379 g/mol. The lowest BCUT2D eigenvalue weighted by molar-refractivity contribution is -0.141. The van der Waals surface area contributed by atoms with Gasteiger partial charge in [-0.05, 0) is 53.6 Å². The predicted molar refractivity (Wildman–Crippen MR) is 75.9 cm³/mol. The van der Waals surface area contributed by atoms with Gasteiger partial charge in [-0.25, -0.2) is 4.79 Å². The normalized spacial score (nSPS) is 19.0. The number of halogens is 2. The van der Waals surface area contributed by atoms with Crippen molar-refractivity contribution in [2.45, 2.75) is 18.9 Å². The van der Waals surface area contributed by atoms with Gasteiger partial charge in [-0.1, -0.05) is 11.6 Å². The number of hydrogen-bond acceptors (Lipinski definition) is 2. The Hall–Kier alpha value is -0.820. The van der Waals surface area contributed by atoms with Crippen LogP contribution in [0.2, 0.25) is 5.02 Å². The smallest absolute Gasteiger partial charge is 0.326 e. The number of carbonyl (C=O) groups is 2. The van der Waals surface area contributed by atoms with Crippen LogP contribution < -0.4 is 0 Å². The molecule has 1 unspecified atom stereocenters. The number of likely N-dealkylation sites (tertiary alicyclic amines) is 1. The third kappa shape index (κ3) is 2.61. The van der Waals surface area contributed by atoms with Gasteiger partial charge < -0.3 is 10.0 Å². The van der Waals surface area contributed by atoms with E-state index in [0.717, 1.165) is 9.99 Å². The van der Waals surface area contributed by atoms with Crippen molar-refractivity contribution < 1.29 is 14.7 Å². The van der Waals surface area contributed by atoms with Crippen LogP contribution >= 0.6 is 34.2 Å². The Kier molecular flexibility index (Phi) is 4.11. The molecule has 96 valence electrons. The highest BCUT2D eigenvalue weighted by Crippen LogP contribution is 2.24. The van der Waals surface area contributed by atoms with E-state index >= 15 is 0 Å². The largest absolute Gasteiger partial charge is 0.480 e. The van der Waals surface area contributed by atoms with Crippen molar-refractivity contribution >= 4 is 46.1 Å². The summed E-state index contributed by atoms with van der Waals surface area (Å²) in [4.78, 5) is 24.7. The summed E-state index contributed by atoms with van der Waals surface area (Å²) < 4.78 is 0.863. The molecule has 1 aliphatic heterocycles. The molecule has 1 atom stereocenters. The molecule has 1 aliphatic rings. The zero-order valence-corrected chi connectivity index (χ0v) is 12.3. The predicted octanol–water partition coefficient (Wildman–Crippen LogP) is 2.63. The Morgan fingerprint density at radius 3 is 2.78 bits per heavy atom. The molecule has 1 aromatic carbocycles. The van der Waals surface area contributed by atoms with Crippen molar-refractivity contribution in [2.24, 2.45) is 0 Å². The number of carboxylic acids is 1. The number of amides is 1. The maximum Gasteiger partial charge on any atom is 0.326 e. The summed E-state index contributed by atoms with van der Waals surface area (Å²) >= 11 is 8.05. The number of rotatable bonds is 2. The highest BCUT2D eigenvalue weighted by atomic mass is 127.